The molecule has 2 nitrogen and oxygen atoms in total. The third kappa shape index (κ3) is 6.27. The highest BCUT2D eigenvalue weighted by Gasteiger charge is 1.89. The Bertz CT molecular complexity index is 49.7. The van der Waals surface area contributed by atoms with E-state index >= 15 is 0 Å². The van der Waals surface area contributed by atoms with Gasteiger partial charge in [-0.15, -0.1) is 12.6 Å². The van der Waals surface area contributed by atoms with Gasteiger partial charge in [-0.1, -0.05) is 0 Å². The summed E-state index contributed by atoms with van der Waals surface area (Å²) in [6, 6.07) is 0. The van der Waals surface area contributed by atoms with Crippen LogP contribution in [0.15, 0.2) is 0 Å². The Kier molecular flexibility index (Phi) is 5.59. The molecule has 0 saturated carbocycles. The minimum absolute atomic E-state index is 0.0587. The summed E-state index contributed by atoms with van der Waals surface area (Å²) in [4.78, 5) is 0. The number of hydrogen-bond donors (Lipinski definition) is 2. The van der Waals surface area contributed by atoms with E-state index in [1.807, 2.05) is 14.0 Å². The van der Waals surface area contributed by atoms with Crippen molar-refractivity contribution in [3.05, 3.63) is 0 Å². The number of nitrogens with one attached hydrogen (secondary N) is 1. The van der Waals surface area contributed by atoms with E-state index in [2.05, 4.69) is 17.9 Å². The molecule has 0 aliphatic rings. The molecule has 0 radical (unpaired) electrons. The summed E-state index contributed by atoms with van der Waals surface area (Å²) in [5.74, 6) is 0. The molecular formula is C5H13NOS. The average molecular weight is 135 g/mol. The summed E-state index contributed by atoms with van der Waals surface area (Å²) in [5, 5.41) is 2.96. The van der Waals surface area contributed by atoms with Crippen molar-refractivity contribution in [2.75, 3.05) is 20.2 Å². The van der Waals surface area contributed by atoms with Crippen LogP contribution in [0.1, 0.15) is 6.92 Å². The molecular weight excluding hydrogens is 122 g/mol. The van der Waals surface area contributed by atoms with Crippen LogP contribution in [0.4, 0.5) is 0 Å². The Balaban J connectivity index is 2.72. The smallest absolute Gasteiger partial charge is 0.0972 e. The molecule has 1 unspecified atom stereocenters. The molecule has 1 N–H and O–H groups in total. The molecule has 50 valence electrons. The fourth-order valence-electron chi connectivity index (χ4n) is 0.332. The van der Waals surface area contributed by atoms with E-state index < -0.39 is 0 Å². The van der Waals surface area contributed by atoms with E-state index in [0.29, 0.717) is 0 Å². The highest BCUT2D eigenvalue weighted by Crippen LogP contribution is 1.91. The van der Waals surface area contributed by atoms with Crippen LogP contribution < -0.4 is 5.32 Å². The van der Waals surface area contributed by atoms with Crippen molar-refractivity contribution in [1.82, 2.24) is 5.32 Å². The van der Waals surface area contributed by atoms with Gasteiger partial charge in [0.2, 0.25) is 0 Å². The molecule has 0 spiro atoms. The average Bonchev–Trinajstić information content (AvgIpc) is 1.66. The third-order valence-corrected chi connectivity index (χ3v) is 0.860. The van der Waals surface area contributed by atoms with Gasteiger partial charge in [0.1, 0.15) is 0 Å². The van der Waals surface area contributed by atoms with Crippen LogP contribution in [0.5, 0.6) is 0 Å². The van der Waals surface area contributed by atoms with Gasteiger partial charge in [-0.25, -0.2) is 0 Å². The monoisotopic (exact) mass is 135 g/mol. The van der Waals surface area contributed by atoms with Crippen LogP contribution in [0, 0.1) is 0 Å². The number of ether oxygens (including phenoxy) is 1. The van der Waals surface area contributed by atoms with E-state index in [1.54, 1.807) is 0 Å². The van der Waals surface area contributed by atoms with Crippen molar-refractivity contribution in [3.8, 4) is 0 Å². The molecule has 0 fully saturated rings. The lowest BCUT2D eigenvalue weighted by atomic mass is 10.7. The molecule has 0 aromatic carbocycles. The van der Waals surface area contributed by atoms with E-state index in [9.17, 15) is 0 Å². The normalized spacial score (nSPS) is 13.9. The van der Waals surface area contributed by atoms with E-state index in [-0.39, 0.29) is 5.44 Å². The second kappa shape index (κ2) is 5.41. The van der Waals surface area contributed by atoms with Gasteiger partial charge in [0.05, 0.1) is 12.0 Å². The zero-order valence-electron chi connectivity index (χ0n) is 5.35. The van der Waals surface area contributed by atoms with E-state index in [0.717, 1.165) is 13.2 Å². The summed E-state index contributed by atoms with van der Waals surface area (Å²) in [6.07, 6.45) is 0. The van der Waals surface area contributed by atoms with Crippen LogP contribution in [-0.4, -0.2) is 25.6 Å². The molecule has 0 saturated heterocycles. The van der Waals surface area contributed by atoms with Crippen LogP contribution in [0.25, 0.3) is 0 Å². The van der Waals surface area contributed by atoms with Crippen molar-refractivity contribution in [1.29, 1.82) is 0 Å². The standard InChI is InChI=1S/C5H13NOS/c1-5(8)7-4-3-6-2/h5-6,8H,3-4H2,1-2H3. The first kappa shape index (κ1) is 8.27. The lowest BCUT2D eigenvalue weighted by Crippen LogP contribution is -2.15. The summed E-state index contributed by atoms with van der Waals surface area (Å²) in [6.45, 7) is 3.53. The molecule has 0 aromatic rings. The Morgan fingerprint density at radius 3 is 2.75 bits per heavy atom. The summed E-state index contributed by atoms with van der Waals surface area (Å²) in [5.41, 5.74) is 0.0587. The summed E-state index contributed by atoms with van der Waals surface area (Å²) in [7, 11) is 1.90. The molecule has 0 bridgehead atoms. The number of likely N-dealkylation sites (N-methyl/N-ethyl adjacent to an activating group) is 1. The Hall–Kier alpha value is 0.270. The second-order valence-electron chi connectivity index (χ2n) is 1.57. The minimum Gasteiger partial charge on any atom is -0.367 e. The summed E-state index contributed by atoms with van der Waals surface area (Å²) >= 11 is 4.02. The molecule has 0 rings (SSSR count). The first-order chi connectivity index (χ1) is 3.77. The Morgan fingerprint density at radius 1 is 1.75 bits per heavy atom. The maximum absolute atomic E-state index is 5.08. The van der Waals surface area contributed by atoms with Crippen molar-refractivity contribution < 1.29 is 4.74 Å². The van der Waals surface area contributed by atoms with Gasteiger partial charge < -0.3 is 10.1 Å². The predicted octanol–water partition coefficient (Wildman–Crippen LogP) is 0.498. The number of thiol groups is 1. The van der Waals surface area contributed by atoms with Crippen LogP contribution in [-0.2, 0) is 4.74 Å². The molecule has 1 atom stereocenters. The molecule has 8 heavy (non-hydrogen) atoms. The van der Waals surface area contributed by atoms with Crippen molar-refractivity contribution >= 4 is 12.6 Å². The Labute approximate surface area is 56.0 Å². The quantitative estimate of drug-likeness (QED) is 0.333. The fraction of sp³-hybridized carbons (Fsp3) is 1.00. The molecule has 3 heteroatoms. The molecule has 0 aliphatic heterocycles. The zero-order valence-corrected chi connectivity index (χ0v) is 6.24. The van der Waals surface area contributed by atoms with Crippen LogP contribution in [0.3, 0.4) is 0 Å². The van der Waals surface area contributed by atoms with Crippen molar-refractivity contribution in [2.45, 2.75) is 12.4 Å². The van der Waals surface area contributed by atoms with Gasteiger partial charge >= 0.3 is 0 Å². The van der Waals surface area contributed by atoms with Crippen molar-refractivity contribution in [2.24, 2.45) is 0 Å². The van der Waals surface area contributed by atoms with Gasteiger partial charge in [-0.05, 0) is 14.0 Å². The third-order valence-electron chi connectivity index (χ3n) is 0.711. The van der Waals surface area contributed by atoms with Gasteiger partial charge in [0.15, 0.2) is 0 Å². The maximum Gasteiger partial charge on any atom is 0.0972 e. The lowest BCUT2D eigenvalue weighted by Gasteiger charge is -2.04. The van der Waals surface area contributed by atoms with Gasteiger partial charge in [-0.2, -0.15) is 0 Å². The van der Waals surface area contributed by atoms with Gasteiger partial charge in [0, 0.05) is 6.54 Å². The SMILES string of the molecule is CNCCOC(C)S. The molecule has 0 aromatic heterocycles. The van der Waals surface area contributed by atoms with Crippen molar-refractivity contribution in [3.63, 3.8) is 0 Å². The Morgan fingerprint density at radius 2 is 2.38 bits per heavy atom. The minimum atomic E-state index is 0.0587. The lowest BCUT2D eigenvalue weighted by molar-refractivity contribution is 0.128. The molecule has 0 aliphatic carbocycles. The maximum atomic E-state index is 5.08. The van der Waals surface area contributed by atoms with E-state index in [1.165, 1.54) is 0 Å². The molecule has 0 heterocycles. The van der Waals surface area contributed by atoms with Gasteiger partial charge in [0.25, 0.3) is 0 Å². The highest BCUT2D eigenvalue weighted by molar-refractivity contribution is 7.80. The zero-order chi connectivity index (χ0) is 6.41. The van der Waals surface area contributed by atoms with Crippen LogP contribution in [0.2, 0.25) is 0 Å². The fourth-order valence-corrected chi connectivity index (χ4v) is 0.437. The summed E-state index contributed by atoms with van der Waals surface area (Å²) < 4.78 is 5.08. The molecule has 0 amide bonds. The van der Waals surface area contributed by atoms with Crippen LogP contribution >= 0.6 is 12.6 Å². The highest BCUT2D eigenvalue weighted by atomic mass is 32.1. The van der Waals surface area contributed by atoms with Gasteiger partial charge in [-0.3, -0.25) is 0 Å². The predicted molar refractivity (Wildman–Crippen MR) is 38.3 cm³/mol. The van der Waals surface area contributed by atoms with E-state index in [4.69, 9.17) is 4.74 Å². The largest absolute Gasteiger partial charge is 0.367 e. The second-order valence-corrected chi connectivity index (χ2v) is 2.30. The number of hydrogen-bond acceptors (Lipinski definition) is 3. The topological polar surface area (TPSA) is 21.3 Å². The first-order valence-corrected chi connectivity index (χ1v) is 3.23. The first-order valence-electron chi connectivity index (χ1n) is 2.71. The number of rotatable bonds is 4.